The third-order valence-corrected chi connectivity index (χ3v) is 10.4. The number of rotatable bonds is 14. The van der Waals surface area contributed by atoms with Crippen molar-refractivity contribution in [2.45, 2.75) is 70.9 Å². The molecule has 6 rings (SSSR count). The van der Waals surface area contributed by atoms with E-state index < -0.39 is 7.82 Å². The summed E-state index contributed by atoms with van der Waals surface area (Å²) in [6.07, 6.45) is 5.09. The van der Waals surface area contributed by atoms with Gasteiger partial charge in [0.05, 0.1) is 25.9 Å². The minimum Gasteiger partial charge on any atom is -0.490 e. The summed E-state index contributed by atoms with van der Waals surface area (Å²) in [5, 5.41) is 2.94. The molecule has 252 valence electrons. The molecule has 9 heteroatoms. The van der Waals surface area contributed by atoms with E-state index in [0.29, 0.717) is 0 Å². The molecule has 1 N–H and O–H groups in total. The first-order chi connectivity index (χ1) is 23.4. The van der Waals surface area contributed by atoms with Crippen molar-refractivity contribution in [3.05, 3.63) is 131 Å². The number of fused-ring (bicyclic) bond motifs is 1. The fourth-order valence-electron chi connectivity index (χ4n) is 6.28. The van der Waals surface area contributed by atoms with Gasteiger partial charge in [-0.15, -0.1) is 0 Å². The Morgan fingerprint density at radius 3 is 2.10 bits per heavy atom. The number of nitrogens with one attached hydrogen (secondary N) is 1. The molecule has 0 radical (unpaired) electrons. The zero-order valence-electron chi connectivity index (χ0n) is 27.4. The number of amides is 1. The molecule has 0 spiro atoms. The number of benzene rings is 4. The molecule has 1 heterocycles. The molecule has 0 bridgehead atoms. The molecule has 4 aromatic carbocycles. The summed E-state index contributed by atoms with van der Waals surface area (Å²) in [4.78, 5) is 13.0. The molecule has 0 aromatic heterocycles. The average Bonchev–Trinajstić information content (AvgIpc) is 3.13. The van der Waals surface area contributed by atoms with Crippen molar-refractivity contribution < 1.29 is 32.4 Å². The van der Waals surface area contributed by atoms with E-state index in [0.717, 1.165) is 61.2 Å². The second-order valence-electron chi connectivity index (χ2n) is 12.5. The fourth-order valence-corrected chi connectivity index (χ4v) is 7.44. The molecular weight excluding hydrogens is 625 g/mol. The van der Waals surface area contributed by atoms with E-state index in [9.17, 15) is 9.36 Å². The van der Waals surface area contributed by atoms with Crippen LogP contribution in [-0.2, 0) is 42.6 Å². The molecule has 4 aromatic rings. The first-order valence-corrected chi connectivity index (χ1v) is 18.3. The number of phosphoric ester groups is 1. The van der Waals surface area contributed by atoms with Crippen molar-refractivity contribution in [1.29, 1.82) is 0 Å². The third-order valence-electron chi connectivity index (χ3n) is 8.98. The predicted molar refractivity (Wildman–Crippen MR) is 185 cm³/mol. The average molecular weight is 670 g/mol. The van der Waals surface area contributed by atoms with Gasteiger partial charge < -0.3 is 14.8 Å². The van der Waals surface area contributed by atoms with Crippen molar-refractivity contribution in [3.8, 4) is 11.5 Å². The van der Waals surface area contributed by atoms with Crippen molar-refractivity contribution in [2.75, 3.05) is 13.2 Å². The molecule has 0 saturated heterocycles. The highest BCUT2D eigenvalue weighted by molar-refractivity contribution is 7.48. The number of carbonyl (C=O) groups excluding carboxylic acids is 1. The van der Waals surface area contributed by atoms with Crippen LogP contribution in [0.15, 0.2) is 103 Å². The summed E-state index contributed by atoms with van der Waals surface area (Å²) < 4.78 is 43.1. The molecule has 1 fully saturated rings. The number of hydrogen-bond acceptors (Lipinski definition) is 7. The van der Waals surface area contributed by atoms with Crippen LogP contribution in [0.3, 0.4) is 0 Å². The maximum absolute atomic E-state index is 13.5. The highest BCUT2D eigenvalue weighted by atomic mass is 31.2. The van der Waals surface area contributed by atoms with E-state index in [1.807, 2.05) is 72.8 Å². The van der Waals surface area contributed by atoms with Crippen LogP contribution in [0, 0.1) is 12.8 Å². The minimum atomic E-state index is -3.89. The zero-order valence-corrected chi connectivity index (χ0v) is 28.3. The van der Waals surface area contributed by atoms with Crippen LogP contribution in [0.4, 0.5) is 0 Å². The summed E-state index contributed by atoms with van der Waals surface area (Å²) in [5.74, 6) is 1.64. The molecule has 1 atom stereocenters. The van der Waals surface area contributed by atoms with Crippen molar-refractivity contribution in [2.24, 2.45) is 5.92 Å². The maximum atomic E-state index is 13.5. The fraction of sp³-hybridized carbons (Fsp3) is 0.359. The zero-order chi connectivity index (χ0) is 33.2. The smallest absolute Gasteiger partial charge is 0.475 e. The first kappa shape index (κ1) is 33.9. The number of carbonyl (C=O) groups is 1. The SMILES string of the molecule is Cc1ccccc1[C@@H]1CCc2cc(OC3CCC(C(=O)NCCOP(=O)(OCc4ccccc4)OCc4ccccc4)CC3)ccc2O1. The van der Waals surface area contributed by atoms with Crippen LogP contribution >= 0.6 is 7.82 Å². The van der Waals surface area contributed by atoms with E-state index >= 15 is 0 Å². The van der Waals surface area contributed by atoms with Gasteiger partial charge >= 0.3 is 7.82 Å². The summed E-state index contributed by atoms with van der Waals surface area (Å²) in [6, 6.07) is 33.4. The number of hydrogen-bond donors (Lipinski definition) is 1. The van der Waals surface area contributed by atoms with Crippen LogP contribution in [0.1, 0.15) is 66.0 Å². The van der Waals surface area contributed by atoms with E-state index in [4.69, 9.17) is 23.0 Å². The lowest BCUT2D eigenvalue weighted by molar-refractivity contribution is -0.126. The maximum Gasteiger partial charge on any atom is 0.475 e. The van der Waals surface area contributed by atoms with Gasteiger partial charge in [0.15, 0.2) is 0 Å². The quantitative estimate of drug-likeness (QED) is 0.106. The Labute approximate surface area is 283 Å². The van der Waals surface area contributed by atoms with Crippen LogP contribution in [0.2, 0.25) is 0 Å². The number of phosphoric acid groups is 1. The Hall–Kier alpha value is -3.94. The lowest BCUT2D eigenvalue weighted by atomic mass is 9.86. The third kappa shape index (κ3) is 9.36. The summed E-state index contributed by atoms with van der Waals surface area (Å²) in [6.45, 7) is 2.49. The van der Waals surface area contributed by atoms with E-state index in [2.05, 4.69) is 42.6 Å². The Bertz CT molecular complexity index is 1630. The molecule has 8 nitrogen and oxygen atoms in total. The van der Waals surface area contributed by atoms with Gasteiger partial charge in [-0.2, -0.15) is 0 Å². The van der Waals surface area contributed by atoms with Gasteiger partial charge in [-0.1, -0.05) is 84.9 Å². The number of aryl methyl sites for hydroxylation is 2. The molecule has 0 unspecified atom stereocenters. The van der Waals surface area contributed by atoms with Gasteiger partial charge in [-0.3, -0.25) is 18.4 Å². The van der Waals surface area contributed by atoms with Gasteiger partial charge in [0, 0.05) is 12.5 Å². The van der Waals surface area contributed by atoms with Gasteiger partial charge in [-0.25, -0.2) is 4.57 Å². The van der Waals surface area contributed by atoms with E-state index in [-0.39, 0.29) is 50.4 Å². The minimum absolute atomic E-state index is 0.00119. The topological polar surface area (TPSA) is 92.3 Å². The predicted octanol–water partition coefficient (Wildman–Crippen LogP) is 8.67. The second-order valence-corrected chi connectivity index (χ2v) is 14.1. The van der Waals surface area contributed by atoms with Gasteiger partial charge in [-0.05, 0) is 91.5 Å². The first-order valence-electron chi connectivity index (χ1n) is 16.8. The van der Waals surface area contributed by atoms with Gasteiger partial charge in [0.2, 0.25) is 5.91 Å². The molecule has 48 heavy (non-hydrogen) atoms. The van der Waals surface area contributed by atoms with Gasteiger partial charge in [0.1, 0.15) is 17.6 Å². The van der Waals surface area contributed by atoms with Crippen LogP contribution in [0.5, 0.6) is 11.5 Å². The lowest BCUT2D eigenvalue weighted by Gasteiger charge is -2.30. The normalized spacial score (nSPS) is 19.1. The lowest BCUT2D eigenvalue weighted by Crippen LogP contribution is -2.36. The molecule has 1 amide bonds. The standard InChI is InChI=1S/C39H44NO7P/c1-29-10-8-9-15-36(29)38-22-18-33-26-35(21-23-37(33)47-38)46-34-19-16-32(17-20-34)39(41)40-24-25-43-48(42,44-27-30-11-4-2-5-12-30)45-28-31-13-6-3-7-14-31/h2-15,21,23,26,32,34,38H,16-20,22,24-25,27-28H2,1H3,(H,40,41)/t32?,34?,38-/m0/s1. The molecule has 1 aliphatic heterocycles. The molecular formula is C39H44NO7P. The van der Waals surface area contributed by atoms with Crippen LogP contribution < -0.4 is 14.8 Å². The second kappa shape index (κ2) is 16.4. The number of ether oxygens (including phenoxy) is 2. The van der Waals surface area contributed by atoms with Crippen molar-refractivity contribution in [1.82, 2.24) is 5.32 Å². The highest BCUT2D eigenvalue weighted by Crippen LogP contribution is 2.50. The largest absolute Gasteiger partial charge is 0.490 e. The Morgan fingerprint density at radius 2 is 1.44 bits per heavy atom. The Balaban J connectivity index is 0.930. The Kier molecular flexibility index (Phi) is 11.6. The van der Waals surface area contributed by atoms with Crippen molar-refractivity contribution >= 4 is 13.7 Å². The Morgan fingerprint density at radius 1 is 0.792 bits per heavy atom. The summed E-state index contributed by atoms with van der Waals surface area (Å²) in [7, 11) is -3.89. The summed E-state index contributed by atoms with van der Waals surface area (Å²) in [5.41, 5.74) is 5.38. The van der Waals surface area contributed by atoms with Crippen LogP contribution in [-0.4, -0.2) is 25.2 Å². The van der Waals surface area contributed by atoms with E-state index in [1.165, 1.54) is 16.7 Å². The van der Waals surface area contributed by atoms with Crippen molar-refractivity contribution in [3.63, 3.8) is 0 Å². The summed E-state index contributed by atoms with van der Waals surface area (Å²) >= 11 is 0. The monoisotopic (exact) mass is 669 g/mol. The van der Waals surface area contributed by atoms with E-state index in [1.54, 1.807) is 0 Å². The molecule has 1 aliphatic carbocycles. The highest BCUT2D eigenvalue weighted by Gasteiger charge is 2.30. The van der Waals surface area contributed by atoms with Crippen LogP contribution in [0.25, 0.3) is 0 Å². The molecule has 1 saturated carbocycles. The van der Waals surface area contributed by atoms with Gasteiger partial charge in [0.25, 0.3) is 0 Å². The molecule has 2 aliphatic rings.